The van der Waals surface area contributed by atoms with Gasteiger partial charge in [-0.3, -0.25) is 0 Å². The summed E-state index contributed by atoms with van der Waals surface area (Å²) in [7, 11) is -3.09. The molecule has 1 aromatic carbocycles. The van der Waals surface area contributed by atoms with Crippen LogP contribution in [0.4, 0.5) is 5.69 Å². The van der Waals surface area contributed by atoms with Crippen LogP contribution >= 0.6 is 0 Å². The molecule has 0 bridgehead atoms. The maximum Gasteiger partial charge on any atom is 0.211 e. The third kappa shape index (κ3) is 3.86. The predicted octanol–water partition coefficient (Wildman–Crippen LogP) is 1.63. The van der Waals surface area contributed by atoms with Crippen LogP contribution in [0.1, 0.15) is 18.4 Å². The highest BCUT2D eigenvalue weighted by atomic mass is 32.2. The highest BCUT2D eigenvalue weighted by Crippen LogP contribution is 2.22. The normalized spacial score (nSPS) is 20.8. The molecule has 0 aliphatic carbocycles. The Bertz CT molecular complexity index is 572. The van der Waals surface area contributed by atoms with Gasteiger partial charge in [0.2, 0.25) is 10.0 Å². The molecule has 20 heavy (non-hydrogen) atoms. The van der Waals surface area contributed by atoms with Gasteiger partial charge in [-0.2, -0.15) is 0 Å². The Morgan fingerprint density at radius 2 is 2.20 bits per heavy atom. The molecule has 1 heterocycles. The van der Waals surface area contributed by atoms with Crippen LogP contribution in [0.15, 0.2) is 18.2 Å². The van der Waals surface area contributed by atoms with E-state index in [9.17, 15) is 8.42 Å². The first-order valence-corrected chi connectivity index (χ1v) is 8.65. The summed E-state index contributed by atoms with van der Waals surface area (Å²) in [4.78, 5) is 0. The molecule has 5 nitrogen and oxygen atoms in total. The molecular weight excluding hydrogens is 276 g/mol. The summed E-state index contributed by atoms with van der Waals surface area (Å²) in [6, 6.07) is 5.58. The average molecular weight is 298 g/mol. The van der Waals surface area contributed by atoms with Gasteiger partial charge in [0.05, 0.1) is 12.9 Å². The molecule has 0 saturated carbocycles. The molecule has 1 aromatic rings. The smallest absolute Gasteiger partial charge is 0.211 e. The van der Waals surface area contributed by atoms with Gasteiger partial charge < -0.3 is 10.5 Å². The first-order chi connectivity index (χ1) is 9.36. The lowest BCUT2D eigenvalue weighted by Crippen LogP contribution is -2.40. The third-order valence-electron chi connectivity index (χ3n) is 3.68. The number of nitrogens with two attached hydrogens (primary N) is 1. The van der Waals surface area contributed by atoms with Gasteiger partial charge in [0.15, 0.2) is 0 Å². The Balaban J connectivity index is 1.92. The van der Waals surface area contributed by atoms with Crippen molar-refractivity contribution in [3.05, 3.63) is 23.8 Å². The highest BCUT2D eigenvalue weighted by Gasteiger charge is 2.26. The van der Waals surface area contributed by atoms with Gasteiger partial charge >= 0.3 is 0 Å². The lowest BCUT2D eigenvalue weighted by atomic mass is 10.0. The maximum atomic E-state index is 11.6. The van der Waals surface area contributed by atoms with Gasteiger partial charge in [0.25, 0.3) is 0 Å². The van der Waals surface area contributed by atoms with E-state index in [4.69, 9.17) is 10.5 Å². The van der Waals surface area contributed by atoms with Crippen molar-refractivity contribution in [1.29, 1.82) is 0 Å². The van der Waals surface area contributed by atoms with Crippen molar-refractivity contribution in [2.45, 2.75) is 19.8 Å². The van der Waals surface area contributed by atoms with Crippen LogP contribution < -0.4 is 10.5 Å². The molecule has 1 fully saturated rings. The summed E-state index contributed by atoms with van der Waals surface area (Å²) >= 11 is 0. The largest absolute Gasteiger partial charge is 0.493 e. The van der Waals surface area contributed by atoms with E-state index in [2.05, 4.69) is 0 Å². The Hall–Kier alpha value is -1.27. The number of piperidine rings is 1. The van der Waals surface area contributed by atoms with Gasteiger partial charge in [-0.25, -0.2) is 12.7 Å². The van der Waals surface area contributed by atoms with Crippen molar-refractivity contribution in [2.24, 2.45) is 5.92 Å². The number of aryl methyl sites for hydroxylation is 1. The monoisotopic (exact) mass is 298 g/mol. The molecule has 2 N–H and O–H groups in total. The zero-order valence-corrected chi connectivity index (χ0v) is 12.8. The fourth-order valence-electron chi connectivity index (χ4n) is 2.42. The summed E-state index contributed by atoms with van der Waals surface area (Å²) in [5.41, 5.74) is 7.50. The molecule has 0 radical (unpaired) electrons. The molecular formula is C14H22N2O3S. The van der Waals surface area contributed by atoms with Crippen LogP contribution in [0.3, 0.4) is 0 Å². The van der Waals surface area contributed by atoms with E-state index in [0.717, 1.165) is 29.8 Å². The maximum absolute atomic E-state index is 11.6. The van der Waals surface area contributed by atoms with Crippen LogP contribution in [0, 0.1) is 12.8 Å². The van der Waals surface area contributed by atoms with Gasteiger partial charge in [0.1, 0.15) is 5.75 Å². The van der Waals surface area contributed by atoms with Gasteiger partial charge in [-0.05, 0) is 43.5 Å². The number of sulfonamides is 1. The zero-order chi connectivity index (χ0) is 14.8. The number of nitrogen functional groups attached to an aromatic ring is 1. The number of ether oxygens (including phenoxy) is 1. The lowest BCUT2D eigenvalue weighted by molar-refractivity contribution is 0.180. The molecule has 1 saturated heterocycles. The van der Waals surface area contributed by atoms with Crippen LogP contribution in [-0.4, -0.2) is 38.7 Å². The van der Waals surface area contributed by atoms with Crippen LogP contribution in [0.5, 0.6) is 5.75 Å². The SMILES string of the molecule is Cc1cc(OCC2CCCN(S(C)(=O)=O)C2)ccc1N. The fraction of sp³-hybridized carbons (Fsp3) is 0.571. The molecule has 0 spiro atoms. The quantitative estimate of drug-likeness (QED) is 0.858. The molecule has 1 aliphatic rings. The molecule has 6 heteroatoms. The third-order valence-corrected chi connectivity index (χ3v) is 4.95. The minimum atomic E-state index is -3.09. The number of benzene rings is 1. The molecule has 1 aliphatic heterocycles. The zero-order valence-electron chi connectivity index (χ0n) is 12.0. The lowest BCUT2D eigenvalue weighted by Gasteiger charge is -2.30. The van der Waals surface area contributed by atoms with Crippen LogP contribution in [-0.2, 0) is 10.0 Å². The number of nitrogens with zero attached hydrogens (tertiary/aromatic N) is 1. The molecule has 112 valence electrons. The number of hydrogen-bond donors (Lipinski definition) is 1. The molecule has 2 rings (SSSR count). The number of anilines is 1. The number of hydrogen-bond acceptors (Lipinski definition) is 4. The van der Waals surface area contributed by atoms with Crippen molar-refractivity contribution in [2.75, 3.05) is 31.7 Å². The van der Waals surface area contributed by atoms with E-state index in [0.29, 0.717) is 19.7 Å². The second kappa shape index (κ2) is 6.01. The molecule has 0 aromatic heterocycles. The fourth-order valence-corrected chi connectivity index (χ4v) is 3.36. The molecule has 0 amide bonds. The topological polar surface area (TPSA) is 72.6 Å². The molecule has 1 unspecified atom stereocenters. The van der Waals surface area contributed by atoms with E-state index >= 15 is 0 Å². The predicted molar refractivity (Wildman–Crippen MR) is 80.2 cm³/mol. The second-order valence-corrected chi connectivity index (χ2v) is 7.44. The summed E-state index contributed by atoms with van der Waals surface area (Å²) in [5, 5.41) is 0. The van der Waals surface area contributed by atoms with Crippen LogP contribution in [0.25, 0.3) is 0 Å². The second-order valence-electron chi connectivity index (χ2n) is 5.46. The van der Waals surface area contributed by atoms with E-state index in [1.807, 2.05) is 25.1 Å². The minimum Gasteiger partial charge on any atom is -0.493 e. The first kappa shape index (κ1) is 15.1. The van der Waals surface area contributed by atoms with Crippen molar-refractivity contribution >= 4 is 15.7 Å². The van der Waals surface area contributed by atoms with E-state index in [-0.39, 0.29) is 5.92 Å². The van der Waals surface area contributed by atoms with E-state index in [1.54, 1.807) is 4.31 Å². The standard InChI is InChI=1S/C14H22N2O3S/c1-11-8-13(5-6-14(11)15)19-10-12-4-3-7-16(9-12)20(2,17)18/h5-6,8,12H,3-4,7,9-10,15H2,1-2H3. The molecule has 1 atom stereocenters. The van der Waals surface area contributed by atoms with Crippen molar-refractivity contribution in [3.63, 3.8) is 0 Å². The van der Waals surface area contributed by atoms with Crippen molar-refractivity contribution in [3.8, 4) is 5.75 Å². The Labute approximate surface area is 120 Å². The number of rotatable bonds is 4. The van der Waals surface area contributed by atoms with Crippen LogP contribution in [0.2, 0.25) is 0 Å². The van der Waals surface area contributed by atoms with E-state index in [1.165, 1.54) is 6.26 Å². The van der Waals surface area contributed by atoms with Crippen molar-refractivity contribution in [1.82, 2.24) is 4.31 Å². The Morgan fingerprint density at radius 3 is 2.85 bits per heavy atom. The summed E-state index contributed by atoms with van der Waals surface area (Å²) in [6.07, 6.45) is 3.15. The minimum absolute atomic E-state index is 0.247. The summed E-state index contributed by atoms with van der Waals surface area (Å²) < 4.78 is 30.4. The highest BCUT2D eigenvalue weighted by molar-refractivity contribution is 7.88. The first-order valence-electron chi connectivity index (χ1n) is 6.80. The Morgan fingerprint density at radius 1 is 1.45 bits per heavy atom. The van der Waals surface area contributed by atoms with Gasteiger partial charge in [-0.1, -0.05) is 0 Å². The summed E-state index contributed by atoms with van der Waals surface area (Å²) in [6.45, 7) is 3.65. The van der Waals surface area contributed by atoms with E-state index < -0.39 is 10.0 Å². The van der Waals surface area contributed by atoms with Gasteiger partial charge in [0, 0.05) is 24.7 Å². The Kier molecular flexibility index (Phi) is 4.55. The average Bonchev–Trinajstić information content (AvgIpc) is 2.39. The van der Waals surface area contributed by atoms with Gasteiger partial charge in [-0.15, -0.1) is 0 Å². The summed E-state index contributed by atoms with van der Waals surface area (Å²) in [5.74, 6) is 1.03. The van der Waals surface area contributed by atoms with Crippen molar-refractivity contribution < 1.29 is 13.2 Å².